The first-order valence-electron chi connectivity index (χ1n) is 6.19. The number of nitrogens with two attached hydrogens (primary N) is 1. The minimum Gasteiger partial charge on any atom is -0.366 e. The fourth-order valence-electron chi connectivity index (χ4n) is 2.74. The van der Waals surface area contributed by atoms with Crippen molar-refractivity contribution in [3.8, 4) is 0 Å². The maximum Gasteiger partial charge on any atom is 0.239 e. The number of nitrogens with zero attached hydrogens (tertiary/aromatic N) is 3. The van der Waals surface area contributed by atoms with Crippen LogP contribution in [0.5, 0.6) is 0 Å². The quantitative estimate of drug-likeness (QED) is 0.877. The van der Waals surface area contributed by atoms with Crippen LogP contribution in [-0.4, -0.2) is 14.8 Å². The molecule has 0 saturated heterocycles. The van der Waals surface area contributed by atoms with Crippen molar-refractivity contribution in [1.82, 2.24) is 14.8 Å². The lowest BCUT2D eigenvalue weighted by atomic mass is 9.86. The van der Waals surface area contributed by atoms with E-state index in [4.69, 9.17) is 28.9 Å². The van der Waals surface area contributed by atoms with Crippen LogP contribution >= 0.6 is 23.2 Å². The highest BCUT2D eigenvalue weighted by Gasteiger charge is 2.28. The average molecular weight is 297 g/mol. The van der Waals surface area contributed by atoms with E-state index < -0.39 is 0 Å². The summed E-state index contributed by atoms with van der Waals surface area (Å²) in [6.45, 7) is 2.90. The Bertz CT molecular complexity index is 603. The van der Waals surface area contributed by atoms with Crippen LogP contribution in [0.4, 0.5) is 5.95 Å². The molecular weight excluding hydrogens is 283 g/mol. The molecule has 0 saturated carbocycles. The molecule has 2 unspecified atom stereocenters. The van der Waals surface area contributed by atoms with E-state index in [2.05, 4.69) is 17.0 Å². The molecule has 2 heterocycles. The highest BCUT2D eigenvalue weighted by molar-refractivity contribution is 6.34. The van der Waals surface area contributed by atoms with Gasteiger partial charge in [0.1, 0.15) is 5.82 Å². The van der Waals surface area contributed by atoms with Crippen molar-refractivity contribution >= 4 is 29.2 Å². The van der Waals surface area contributed by atoms with Crippen molar-refractivity contribution in [1.29, 1.82) is 0 Å². The Hall–Kier alpha value is -1.26. The lowest BCUT2D eigenvalue weighted by Crippen LogP contribution is -2.22. The third-order valence-corrected chi connectivity index (χ3v) is 3.98. The van der Waals surface area contributed by atoms with Gasteiger partial charge in [-0.15, -0.1) is 5.10 Å². The summed E-state index contributed by atoms with van der Waals surface area (Å²) in [4.78, 5) is 4.27. The minimum absolute atomic E-state index is 0.321. The largest absolute Gasteiger partial charge is 0.366 e. The van der Waals surface area contributed by atoms with Gasteiger partial charge in [-0.1, -0.05) is 30.1 Å². The number of fused-ring (bicyclic) bond motifs is 1. The van der Waals surface area contributed by atoms with Crippen LogP contribution in [0.2, 0.25) is 10.0 Å². The van der Waals surface area contributed by atoms with Crippen molar-refractivity contribution in [2.75, 3.05) is 5.73 Å². The second-order valence-electron chi connectivity index (χ2n) is 5.05. The number of nitrogen functional groups attached to an aromatic ring is 1. The molecule has 1 aliphatic heterocycles. The standard InChI is InChI=1S/C13H14Cl2N4/c1-7-2-9(6-19-12(7)17-13(16)18-19)8-3-10(14)5-11(15)4-8/h3-5,7,9H,2,6H2,1H3,(H2,16,18). The van der Waals surface area contributed by atoms with E-state index in [0.29, 0.717) is 27.8 Å². The van der Waals surface area contributed by atoms with Gasteiger partial charge in [0.2, 0.25) is 5.95 Å². The molecule has 2 aromatic rings. The Kier molecular flexibility index (Phi) is 3.15. The smallest absolute Gasteiger partial charge is 0.239 e. The summed E-state index contributed by atoms with van der Waals surface area (Å²) in [7, 11) is 0. The van der Waals surface area contributed by atoms with E-state index in [0.717, 1.165) is 24.4 Å². The molecule has 19 heavy (non-hydrogen) atoms. The molecule has 4 nitrogen and oxygen atoms in total. The molecule has 100 valence electrons. The van der Waals surface area contributed by atoms with E-state index >= 15 is 0 Å². The van der Waals surface area contributed by atoms with Crippen LogP contribution in [0.1, 0.15) is 36.6 Å². The van der Waals surface area contributed by atoms with Gasteiger partial charge in [0, 0.05) is 28.4 Å². The number of halogens is 2. The third-order valence-electron chi connectivity index (χ3n) is 3.55. The Morgan fingerprint density at radius 2 is 1.95 bits per heavy atom. The van der Waals surface area contributed by atoms with E-state index in [-0.39, 0.29) is 0 Å². The predicted octanol–water partition coefficient (Wildman–Crippen LogP) is 3.46. The Morgan fingerprint density at radius 1 is 1.26 bits per heavy atom. The first-order chi connectivity index (χ1) is 9.02. The van der Waals surface area contributed by atoms with Crippen LogP contribution in [0.3, 0.4) is 0 Å². The monoisotopic (exact) mass is 296 g/mol. The van der Waals surface area contributed by atoms with Crippen molar-refractivity contribution in [2.24, 2.45) is 0 Å². The second-order valence-corrected chi connectivity index (χ2v) is 5.92. The molecule has 0 fully saturated rings. The highest BCUT2D eigenvalue weighted by atomic mass is 35.5. The van der Waals surface area contributed by atoms with Gasteiger partial charge in [0.05, 0.1) is 0 Å². The highest BCUT2D eigenvalue weighted by Crippen LogP contribution is 2.37. The fraction of sp³-hybridized carbons (Fsp3) is 0.385. The second kappa shape index (κ2) is 4.69. The van der Waals surface area contributed by atoms with Gasteiger partial charge in [-0.25, -0.2) is 4.68 Å². The summed E-state index contributed by atoms with van der Waals surface area (Å²) in [5.41, 5.74) is 6.81. The number of anilines is 1. The lowest BCUT2D eigenvalue weighted by Gasteiger charge is -2.27. The molecule has 2 N–H and O–H groups in total. The summed E-state index contributed by atoms with van der Waals surface area (Å²) >= 11 is 12.1. The van der Waals surface area contributed by atoms with Crippen LogP contribution in [0, 0.1) is 0 Å². The normalized spacial score (nSPS) is 22.3. The van der Waals surface area contributed by atoms with Gasteiger partial charge < -0.3 is 5.73 Å². The summed E-state index contributed by atoms with van der Waals surface area (Å²) in [6.07, 6.45) is 0.995. The van der Waals surface area contributed by atoms with E-state index in [1.54, 1.807) is 6.07 Å². The zero-order chi connectivity index (χ0) is 13.6. The van der Waals surface area contributed by atoms with Gasteiger partial charge in [-0.3, -0.25) is 0 Å². The number of hydrogen-bond acceptors (Lipinski definition) is 3. The summed E-state index contributed by atoms with van der Waals surface area (Å²) in [5, 5.41) is 5.57. The maximum absolute atomic E-state index is 6.07. The van der Waals surface area contributed by atoms with Gasteiger partial charge in [-0.05, 0) is 30.2 Å². The molecule has 0 amide bonds. The number of benzene rings is 1. The topological polar surface area (TPSA) is 56.7 Å². The Balaban J connectivity index is 1.96. The molecule has 3 rings (SSSR count). The SMILES string of the molecule is CC1CC(c2cc(Cl)cc(Cl)c2)Cn2nc(N)nc21. The van der Waals surface area contributed by atoms with Crippen molar-refractivity contribution in [2.45, 2.75) is 31.7 Å². The van der Waals surface area contributed by atoms with Crippen LogP contribution in [0.15, 0.2) is 18.2 Å². The summed E-state index contributed by atoms with van der Waals surface area (Å²) in [6, 6.07) is 5.68. The van der Waals surface area contributed by atoms with Gasteiger partial charge in [0.15, 0.2) is 0 Å². The maximum atomic E-state index is 6.07. The molecule has 2 atom stereocenters. The van der Waals surface area contributed by atoms with Crippen LogP contribution in [0.25, 0.3) is 0 Å². The minimum atomic E-state index is 0.321. The Morgan fingerprint density at radius 3 is 2.63 bits per heavy atom. The average Bonchev–Trinajstić information content (AvgIpc) is 2.69. The number of hydrogen-bond donors (Lipinski definition) is 1. The van der Waals surface area contributed by atoms with Crippen LogP contribution in [-0.2, 0) is 6.54 Å². The molecule has 1 aliphatic rings. The van der Waals surface area contributed by atoms with Crippen molar-refractivity contribution in [3.05, 3.63) is 39.6 Å². The van der Waals surface area contributed by atoms with Crippen molar-refractivity contribution < 1.29 is 0 Å². The molecule has 6 heteroatoms. The third kappa shape index (κ3) is 2.42. The first kappa shape index (κ1) is 12.8. The number of aromatic nitrogens is 3. The molecule has 0 bridgehead atoms. The first-order valence-corrected chi connectivity index (χ1v) is 6.94. The van der Waals surface area contributed by atoms with Crippen LogP contribution < -0.4 is 5.73 Å². The zero-order valence-electron chi connectivity index (χ0n) is 10.5. The van der Waals surface area contributed by atoms with Crippen molar-refractivity contribution in [3.63, 3.8) is 0 Å². The molecule has 0 aliphatic carbocycles. The Labute approximate surface area is 121 Å². The number of rotatable bonds is 1. The van der Waals surface area contributed by atoms with Gasteiger partial charge >= 0.3 is 0 Å². The van der Waals surface area contributed by atoms with E-state index in [9.17, 15) is 0 Å². The van der Waals surface area contributed by atoms with E-state index in [1.165, 1.54) is 0 Å². The molecular formula is C13H14Cl2N4. The molecule has 0 radical (unpaired) electrons. The molecule has 1 aromatic carbocycles. The van der Waals surface area contributed by atoms with Gasteiger partial charge in [-0.2, -0.15) is 4.98 Å². The van der Waals surface area contributed by atoms with E-state index in [1.807, 2.05) is 16.8 Å². The lowest BCUT2D eigenvalue weighted by molar-refractivity contribution is 0.382. The zero-order valence-corrected chi connectivity index (χ0v) is 12.0. The predicted molar refractivity (Wildman–Crippen MR) is 76.7 cm³/mol. The molecule has 0 spiro atoms. The fourth-order valence-corrected chi connectivity index (χ4v) is 3.28. The van der Waals surface area contributed by atoms with Gasteiger partial charge in [0.25, 0.3) is 0 Å². The summed E-state index contributed by atoms with van der Waals surface area (Å²) in [5.74, 6) is 1.95. The summed E-state index contributed by atoms with van der Waals surface area (Å²) < 4.78 is 1.89. The molecule has 1 aromatic heterocycles.